The third-order valence-electron chi connectivity index (χ3n) is 7.18. The molecule has 0 saturated carbocycles. The Morgan fingerprint density at radius 1 is 1.23 bits per heavy atom. The van der Waals surface area contributed by atoms with Crippen LogP contribution in [0.15, 0.2) is 6.20 Å². The maximum atomic E-state index is 14.2. The van der Waals surface area contributed by atoms with Crippen LogP contribution in [0.1, 0.15) is 77.5 Å². The quantitative estimate of drug-likeness (QED) is 0.431. The lowest BCUT2D eigenvalue weighted by molar-refractivity contribution is -0.148. The molecule has 0 aromatic carbocycles. The van der Waals surface area contributed by atoms with E-state index in [1.807, 2.05) is 23.6 Å². The first kappa shape index (κ1) is 31.2. The number of ether oxygens (including phenoxy) is 2. The fourth-order valence-electron chi connectivity index (χ4n) is 5.36. The number of rotatable bonds is 10. The molecule has 220 valence electrons. The Kier molecular flexibility index (Phi) is 11.1. The van der Waals surface area contributed by atoms with Crippen molar-refractivity contribution in [2.24, 2.45) is 11.8 Å². The van der Waals surface area contributed by atoms with Crippen molar-refractivity contribution < 1.29 is 19.1 Å². The first-order valence-corrected chi connectivity index (χ1v) is 14.5. The molecule has 1 aromatic heterocycles. The van der Waals surface area contributed by atoms with E-state index in [1.165, 1.54) is 0 Å². The third-order valence-corrected chi connectivity index (χ3v) is 7.18. The van der Waals surface area contributed by atoms with Gasteiger partial charge in [0, 0.05) is 70.6 Å². The second-order valence-corrected chi connectivity index (χ2v) is 12.6. The highest BCUT2D eigenvalue weighted by molar-refractivity contribution is 5.98. The zero-order chi connectivity index (χ0) is 28.7. The number of morpholine rings is 1. The summed E-state index contributed by atoms with van der Waals surface area (Å²) in [6.07, 6.45) is 3.13. The molecule has 10 nitrogen and oxygen atoms in total. The van der Waals surface area contributed by atoms with Crippen LogP contribution >= 0.6 is 0 Å². The van der Waals surface area contributed by atoms with Crippen molar-refractivity contribution in [2.75, 3.05) is 58.3 Å². The van der Waals surface area contributed by atoms with Crippen molar-refractivity contribution in [3.8, 4) is 0 Å². The largest absolute Gasteiger partial charge is 0.385 e. The fraction of sp³-hybridized carbons (Fsp3) is 0.793. The molecule has 2 aliphatic rings. The minimum Gasteiger partial charge on any atom is -0.385 e. The second kappa shape index (κ2) is 13.9. The van der Waals surface area contributed by atoms with E-state index in [-0.39, 0.29) is 47.3 Å². The van der Waals surface area contributed by atoms with Crippen LogP contribution in [0.5, 0.6) is 0 Å². The molecule has 3 heterocycles. The van der Waals surface area contributed by atoms with Crippen LogP contribution in [-0.2, 0) is 19.7 Å². The molecule has 2 aliphatic heterocycles. The van der Waals surface area contributed by atoms with E-state index in [2.05, 4.69) is 50.2 Å². The van der Waals surface area contributed by atoms with Crippen molar-refractivity contribution in [1.29, 1.82) is 0 Å². The molecule has 2 unspecified atom stereocenters. The Labute approximate surface area is 234 Å². The van der Waals surface area contributed by atoms with Crippen molar-refractivity contribution in [3.05, 3.63) is 17.6 Å². The molecule has 1 aromatic rings. The molecule has 0 aliphatic carbocycles. The van der Waals surface area contributed by atoms with Crippen LogP contribution in [0.25, 0.3) is 0 Å². The lowest BCUT2D eigenvalue weighted by atomic mass is 9.92. The van der Waals surface area contributed by atoms with Gasteiger partial charge in [-0.15, -0.1) is 0 Å². The highest BCUT2D eigenvalue weighted by Crippen LogP contribution is 2.26. The Balaban J connectivity index is 1.84. The highest BCUT2D eigenvalue weighted by Gasteiger charge is 2.37. The number of piperidine rings is 1. The number of nitrogens with one attached hydrogen (secondary N) is 2. The maximum Gasteiger partial charge on any atom is 0.259 e. The van der Waals surface area contributed by atoms with Gasteiger partial charge in [0.2, 0.25) is 5.91 Å². The van der Waals surface area contributed by atoms with Crippen LogP contribution in [0, 0.1) is 11.8 Å². The van der Waals surface area contributed by atoms with Crippen molar-refractivity contribution in [3.63, 3.8) is 0 Å². The first-order valence-electron chi connectivity index (χ1n) is 14.5. The Bertz CT molecular complexity index is 956. The van der Waals surface area contributed by atoms with E-state index >= 15 is 0 Å². The summed E-state index contributed by atoms with van der Waals surface area (Å²) in [7, 11) is 1.68. The van der Waals surface area contributed by atoms with Crippen molar-refractivity contribution in [2.45, 2.75) is 85.0 Å². The molecule has 0 radical (unpaired) electrons. The predicted molar refractivity (Wildman–Crippen MR) is 153 cm³/mol. The van der Waals surface area contributed by atoms with Crippen LogP contribution in [0.2, 0.25) is 0 Å². The summed E-state index contributed by atoms with van der Waals surface area (Å²) in [5.74, 6) is 1.35. The van der Waals surface area contributed by atoms with E-state index in [1.54, 1.807) is 13.3 Å². The number of methoxy groups -OCH3 is 1. The Morgan fingerprint density at radius 2 is 1.92 bits per heavy atom. The molecule has 0 spiro atoms. The van der Waals surface area contributed by atoms with E-state index in [4.69, 9.17) is 14.5 Å². The molecular weight excluding hydrogens is 496 g/mol. The molecule has 2 amide bonds. The van der Waals surface area contributed by atoms with E-state index in [0.717, 1.165) is 6.42 Å². The van der Waals surface area contributed by atoms with Gasteiger partial charge in [0.1, 0.15) is 17.2 Å². The van der Waals surface area contributed by atoms with E-state index < -0.39 is 0 Å². The summed E-state index contributed by atoms with van der Waals surface area (Å²) in [6, 6.07) is -0.109. The molecule has 10 heteroatoms. The average molecular weight is 547 g/mol. The topological polar surface area (TPSA) is 109 Å². The zero-order valence-electron chi connectivity index (χ0n) is 25.2. The molecule has 4 atom stereocenters. The lowest BCUT2D eigenvalue weighted by Gasteiger charge is -2.41. The number of hydrogen-bond acceptors (Lipinski definition) is 8. The minimum atomic E-state index is -0.252. The summed E-state index contributed by atoms with van der Waals surface area (Å²) in [5.41, 5.74) is 0.211. The lowest BCUT2D eigenvalue weighted by Crippen LogP contribution is -2.57. The van der Waals surface area contributed by atoms with Gasteiger partial charge in [-0.1, -0.05) is 34.6 Å². The number of carbonyl (C=O) groups excluding carboxylic acids is 2. The normalized spacial score (nSPS) is 24.1. The Morgan fingerprint density at radius 3 is 2.54 bits per heavy atom. The molecule has 2 fully saturated rings. The van der Waals surface area contributed by atoms with Crippen LogP contribution in [0.4, 0.5) is 5.82 Å². The van der Waals surface area contributed by atoms with Crippen LogP contribution < -0.4 is 10.6 Å². The number of anilines is 1. The Hall–Kier alpha value is -2.30. The summed E-state index contributed by atoms with van der Waals surface area (Å²) < 4.78 is 11.0. The summed E-state index contributed by atoms with van der Waals surface area (Å²) in [4.78, 5) is 40.9. The first-order chi connectivity index (χ1) is 18.4. The summed E-state index contributed by atoms with van der Waals surface area (Å²) >= 11 is 0. The van der Waals surface area contributed by atoms with Gasteiger partial charge < -0.3 is 29.9 Å². The fourth-order valence-corrected chi connectivity index (χ4v) is 5.36. The smallest absolute Gasteiger partial charge is 0.259 e. The van der Waals surface area contributed by atoms with Gasteiger partial charge in [0.15, 0.2) is 0 Å². The molecule has 2 N–H and O–H groups in total. The van der Waals surface area contributed by atoms with Gasteiger partial charge in [-0.05, 0) is 32.6 Å². The van der Waals surface area contributed by atoms with Crippen LogP contribution in [0.3, 0.4) is 0 Å². The third kappa shape index (κ3) is 8.59. The highest BCUT2D eigenvalue weighted by atomic mass is 16.5. The van der Waals surface area contributed by atoms with Gasteiger partial charge in [0.25, 0.3) is 5.91 Å². The summed E-state index contributed by atoms with van der Waals surface area (Å²) in [6.45, 7) is 18.7. The van der Waals surface area contributed by atoms with Crippen molar-refractivity contribution in [1.82, 2.24) is 25.1 Å². The molecule has 3 rings (SSSR count). The van der Waals surface area contributed by atoms with Crippen molar-refractivity contribution >= 4 is 17.6 Å². The standard InChI is InChI=1S/C29H50N6O4/c1-19(2)16-35(23-12-22(13-30-14-23)26(36)34-17-20(3)39-21(4)18-34)27(37)24-15-32-28(29(5,6)7)33-25(24)31-10-9-11-38-8/h15,19-23,30H,9-14,16-18H2,1-8H3,(H,31,32,33)/t20?,21?,22-,23+/m1/s1. The van der Waals surface area contributed by atoms with Gasteiger partial charge in [0.05, 0.1) is 18.1 Å². The molecule has 2 saturated heterocycles. The maximum absolute atomic E-state index is 14.2. The van der Waals surface area contributed by atoms with Crippen LogP contribution in [-0.4, -0.2) is 103 Å². The minimum absolute atomic E-state index is 0.0231. The monoisotopic (exact) mass is 546 g/mol. The average Bonchev–Trinajstić information content (AvgIpc) is 2.87. The summed E-state index contributed by atoms with van der Waals surface area (Å²) in [5, 5.41) is 6.81. The second-order valence-electron chi connectivity index (χ2n) is 12.6. The number of nitrogens with zero attached hydrogens (tertiary/aromatic N) is 4. The number of aromatic nitrogens is 2. The van der Waals surface area contributed by atoms with Gasteiger partial charge in [-0.2, -0.15) is 0 Å². The molecule has 0 bridgehead atoms. The number of amides is 2. The number of hydrogen-bond donors (Lipinski definition) is 2. The van der Waals surface area contributed by atoms with Gasteiger partial charge in [-0.3, -0.25) is 9.59 Å². The SMILES string of the molecule is COCCCNc1nc(C(C)(C)C)ncc1C(=O)N(CC(C)C)[C@@H]1CNC[C@H](C(=O)N2CC(C)OC(C)C2)C1. The van der Waals surface area contributed by atoms with Gasteiger partial charge in [-0.25, -0.2) is 9.97 Å². The molecular formula is C29H50N6O4. The molecule has 39 heavy (non-hydrogen) atoms. The number of carbonyl (C=O) groups is 2. The zero-order valence-corrected chi connectivity index (χ0v) is 25.2. The van der Waals surface area contributed by atoms with Gasteiger partial charge >= 0.3 is 0 Å². The van der Waals surface area contributed by atoms with E-state index in [9.17, 15) is 9.59 Å². The van der Waals surface area contributed by atoms with E-state index in [0.29, 0.717) is 69.5 Å². The predicted octanol–water partition coefficient (Wildman–Crippen LogP) is 2.93.